The van der Waals surface area contributed by atoms with Gasteiger partial charge in [0, 0.05) is 42.9 Å². The quantitative estimate of drug-likeness (QED) is 0.429. The van der Waals surface area contributed by atoms with Crippen LogP contribution < -0.4 is 15.0 Å². The van der Waals surface area contributed by atoms with E-state index in [-0.39, 0.29) is 30.6 Å². The zero-order valence-corrected chi connectivity index (χ0v) is 24.5. The molecule has 1 saturated heterocycles. The largest absolute Gasteiger partial charge is 0.479 e. The van der Waals surface area contributed by atoms with Crippen LogP contribution >= 0.6 is 0 Å². The smallest absolute Gasteiger partial charge is 0.414 e. The van der Waals surface area contributed by atoms with Gasteiger partial charge in [-0.25, -0.2) is 19.7 Å². The van der Waals surface area contributed by atoms with E-state index in [9.17, 15) is 15.2 Å². The number of carbonyl (C=O) groups is 1. The van der Waals surface area contributed by atoms with E-state index in [0.717, 1.165) is 12.8 Å². The first-order valence-corrected chi connectivity index (χ1v) is 13.8. The molecule has 0 bridgehead atoms. The van der Waals surface area contributed by atoms with Crippen LogP contribution in [-0.2, 0) is 14.9 Å². The number of methoxy groups -OCH3 is 1. The number of amides is 1. The van der Waals surface area contributed by atoms with Crippen molar-refractivity contribution in [3.05, 3.63) is 47.5 Å². The van der Waals surface area contributed by atoms with Crippen molar-refractivity contribution < 1.29 is 24.1 Å². The second kappa shape index (κ2) is 11.5. The fraction of sp³-hybridized carbons (Fsp3) is 0.467. The van der Waals surface area contributed by atoms with Gasteiger partial charge in [-0.05, 0) is 57.4 Å². The molecule has 0 unspecified atom stereocenters. The van der Waals surface area contributed by atoms with Gasteiger partial charge in [-0.2, -0.15) is 10.2 Å². The van der Waals surface area contributed by atoms with E-state index in [0.29, 0.717) is 53.1 Å². The van der Waals surface area contributed by atoms with Gasteiger partial charge in [0.15, 0.2) is 0 Å². The Kier molecular flexibility index (Phi) is 7.99. The van der Waals surface area contributed by atoms with Crippen LogP contribution in [0.1, 0.15) is 63.4 Å². The third-order valence-electron chi connectivity index (χ3n) is 7.37. The molecular formula is C30H35N7O5. The number of hydrogen-bond acceptors (Lipinski definition) is 11. The lowest BCUT2D eigenvalue weighted by molar-refractivity contribution is 0.0575. The molecule has 0 aliphatic carbocycles. The molecule has 2 aliphatic rings. The maximum Gasteiger partial charge on any atom is 0.414 e. The SMILES string of the molecule is COc1nc(C2CCOCC2)ncc1Nc1nccc(-c2cc(C#N)c3c(c2)[C@@](C)(CO)CN3C(=O)OC(C)(C)C)n1. The van der Waals surface area contributed by atoms with E-state index >= 15 is 0 Å². The molecule has 2 aromatic heterocycles. The summed E-state index contributed by atoms with van der Waals surface area (Å²) in [6, 6.07) is 7.48. The summed E-state index contributed by atoms with van der Waals surface area (Å²) in [7, 11) is 1.55. The van der Waals surface area contributed by atoms with Gasteiger partial charge in [0.1, 0.15) is 23.2 Å². The van der Waals surface area contributed by atoms with Crippen LogP contribution in [0.25, 0.3) is 11.3 Å². The lowest BCUT2D eigenvalue weighted by Gasteiger charge is -2.26. The van der Waals surface area contributed by atoms with Crippen LogP contribution in [0, 0.1) is 11.3 Å². The average molecular weight is 574 g/mol. The molecule has 4 heterocycles. The lowest BCUT2D eigenvalue weighted by atomic mass is 9.83. The molecule has 0 saturated carbocycles. The summed E-state index contributed by atoms with van der Waals surface area (Å²) in [4.78, 5) is 32.7. The number of aliphatic hydroxyl groups is 1. The van der Waals surface area contributed by atoms with Crippen LogP contribution in [-0.4, -0.2) is 70.2 Å². The van der Waals surface area contributed by atoms with Crippen molar-refractivity contribution in [2.24, 2.45) is 0 Å². The first-order chi connectivity index (χ1) is 20.0. The number of aromatic nitrogens is 4. The first kappa shape index (κ1) is 29.2. The molecule has 1 aromatic carbocycles. The number of carbonyl (C=O) groups excluding carboxylic acids is 1. The van der Waals surface area contributed by atoms with E-state index in [1.807, 2.05) is 13.0 Å². The molecule has 1 amide bonds. The zero-order valence-electron chi connectivity index (χ0n) is 24.5. The number of benzene rings is 1. The van der Waals surface area contributed by atoms with Crippen molar-refractivity contribution in [2.75, 3.05) is 43.7 Å². The highest BCUT2D eigenvalue weighted by Crippen LogP contribution is 2.45. The number of aliphatic hydroxyl groups excluding tert-OH is 1. The molecule has 220 valence electrons. The Labute approximate surface area is 244 Å². The Bertz CT molecular complexity index is 1530. The van der Waals surface area contributed by atoms with Crippen molar-refractivity contribution in [1.29, 1.82) is 5.26 Å². The summed E-state index contributed by atoms with van der Waals surface area (Å²) < 4.78 is 16.6. The number of hydrogen-bond donors (Lipinski definition) is 2. The second-order valence-electron chi connectivity index (χ2n) is 11.7. The van der Waals surface area contributed by atoms with Gasteiger partial charge in [0.25, 0.3) is 0 Å². The van der Waals surface area contributed by atoms with Crippen molar-refractivity contribution >= 4 is 23.4 Å². The van der Waals surface area contributed by atoms with Crippen molar-refractivity contribution in [2.45, 2.75) is 57.5 Å². The minimum Gasteiger partial charge on any atom is -0.479 e. The van der Waals surface area contributed by atoms with Crippen LogP contribution in [0.4, 0.5) is 22.1 Å². The highest BCUT2D eigenvalue weighted by atomic mass is 16.6. The standard InChI is InChI=1S/C30H35N7O5/c1-29(2,3)42-28(39)37-16-30(4,17-38)21-13-19(12-20(14-31)24(21)37)22-6-9-32-27(34-22)35-23-15-33-25(36-26(23)40-5)18-7-10-41-11-8-18/h6,9,12-13,15,18,38H,7-8,10-11,16-17H2,1-5H3,(H,32,34,35)/t30-/m1/s1. The normalized spacial score (nSPS) is 18.7. The molecule has 0 radical (unpaired) electrons. The molecule has 3 aromatic rings. The molecule has 5 rings (SSSR count). The van der Waals surface area contributed by atoms with Crippen molar-refractivity contribution in [3.8, 4) is 23.2 Å². The summed E-state index contributed by atoms with van der Waals surface area (Å²) in [5.74, 6) is 1.59. The van der Waals surface area contributed by atoms with Crippen molar-refractivity contribution in [3.63, 3.8) is 0 Å². The van der Waals surface area contributed by atoms with E-state index < -0.39 is 17.1 Å². The molecule has 12 nitrogen and oxygen atoms in total. The van der Waals surface area contributed by atoms with Crippen LogP contribution in [0.15, 0.2) is 30.6 Å². The second-order valence-corrected chi connectivity index (χ2v) is 11.7. The van der Waals surface area contributed by atoms with Gasteiger partial charge in [-0.15, -0.1) is 0 Å². The molecule has 12 heteroatoms. The summed E-state index contributed by atoms with van der Waals surface area (Å²) >= 11 is 0. The molecule has 2 aliphatic heterocycles. The fourth-order valence-electron chi connectivity index (χ4n) is 5.21. The number of nitriles is 1. The lowest BCUT2D eigenvalue weighted by Crippen LogP contribution is -2.40. The minimum atomic E-state index is -0.807. The van der Waals surface area contributed by atoms with Gasteiger partial charge in [0.2, 0.25) is 11.8 Å². The highest BCUT2D eigenvalue weighted by Gasteiger charge is 2.44. The van der Waals surface area contributed by atoms with Gasteiger partial charge in [-0.3, -0.25) is 4.90 Å². The van der Waals surface area contributed by atoms with Crippen LogP contribution in [0.3, 0.4) is 0 Å². The Morgan fingerprint density at radius 1 is 1.26 bits per heavy atom. The summed E-state index contributed by atoms with van der Waals surface area (Å²) in [5, 5.41) is 23.6. The topological polar surface area (TPSA) is 156 Å². The summed E-state index contributed by atoms with van der Waals surface area (Å²) in [5.41, 5.74) is 1.55. The van der Waals surface area contributed by atoms with Crippen LogP contribution in [0.2, 0.25) is 0 Å². The predicted molar refractivity (Wildman–Crippen MR) is 155 cm³/mol. The first-order valence-electron chi connectivity index (χ1n) is 13.8. The Hall–Kier alpha value is -4.34. The average Bonchev–Trinajstić information content (AvgIpc) is 3.30. The molecule has 2 N–H and O–H groups in total. The summed E-state index contributed by atoms with van der Waals surface area (Å²) in [6.07, 6.45) is 4.41. The summed E-state index contributed by atoms with van der Waals surface area (Å²) in [6.45, 7) is 8.51. The number of fused-ring (bicyclic) bond motifs is 1. The number of rotatable bonds is 6. The molecule has 1 atom stereocenters. The molecule has 1 fully saturated rings. The number of ether oxygens (including phenoxy) is 3. The number of nitrogens with zero attached hydrogens (tertiary/aromatic N) is 6. The molecular weight excluding hydrogens is 538 g/mol. The van der Waals surface area contributed by atoms with Gasteiger partial charge >= 0.3 is 6.09 Å². The number of anilines is 3. The number of nitrogens with one attached hydrogen (secondary N) is 1. The molecule has 0 spiro atoms. The maximum absolute atomic E-state index is 13.1. The zero-order chi connectivity index (χ0) is 30.1. The minimum absolute atomic E-state index is 0.173. The van der Waals surface area contributed by atoms with E-state index in [4.69, 9.17) is 14.2 Å². The Morgan fingerprint density at radius 2 is 2.02 bits per heavy atom. The van der Waals surface area contributed by atoms with E-state index in [1.54, 1.807) is 52.4 Å². The van der Waals surface area contributed by atoms with E-state index in [2.05, 4.69) is 31.3 Å². The Balaban J connectivity index is 1.47. The maximum atomic E-state index is 13.1. The van der Waals surface area contributed by atoms with Gasteiger partial charge < -0.3 is 24.6 Å². The monoisotopic (exact) mass is 573 g/mol. The van der Waals surface area contributed by atoms with Crippen LogP contribution in [0.5, 0.6) is 5.88 Å². The predicted octanol–water partition coefficient (Wildman–Crippen LogP) is 4.46. The molecule has 42 heavy (non-hydrogen) atoms. The highest BCUT2D eigenvalue weighted by molar-refractivity contribution is 5.95. The fourth-order valence-corrected chi connectivity index (χ4v) is 5.21. The Morgan fingerprint density at radius 3 is 2.69 bits per heavy atom. The van der Waals surface area contributed by atoms with Gasteiger partial charge in [-0.1, -0.05) is 6.92 Å². The van der Waals surface area contributed by atoms with E-state index in [1.165, 1.54) is 4.90 Å². The van der Waals surface area contributed by atoms with Gasteiger partial charge in [0.05, 0.1) is 36.9 Å². The van der Waals surface area contributed by atoms with Crippen molar-refractivity contribution in [1.82, 2.24) is 19.9 Å². The third-order valence-corrected chi connectivity index (χ3v) is 7.37. The third kappa shape index (κ3) is 5.84.